The molecule has 10 nitrogen and oxygen atoms in total. The molecule has 0 spiro atoms. The minimum Gasteiger partial charge on any atom is -0.369 e. The molecular weight excluding hydrogens is 584 g/mol. The number of hydrogen-bond acceptors (Lipinski definition) is 7. The van der Waals surface area contributed by atoms with Gasteiger partial charge in [-0.3, -0.25) is 19.1 Å². The molecule has 0 saturated heterocycles. The highest BCUT2D eigenvalue weighted by molar-refractivity contribution is 6.31. The average Bonchev–Trinajstić information content (AvgIpc) is 3.41. The van der Waals surface area contributed by atoms with Crippen molar-refractivity contribution in [3.05, 3.63) is 105 Å². The molecular formula is C29H22Cl2FN7O3. The van der Waals surface area contributed by atoms with Crippen molar-refractivity contribution in [1.82, 2.24) is 29.5 Å². The number of carbonyl (C=O) groups is 1. The average molecular weight is 606 g/mol. The lowest BCUT2D eigenvalue weighted by Gasteiger charge is -2.23. The predicted octanol–water partition coefficient (Wildman–Crippen LogP) is 5.34. The van der Waals surface area contributed by atoms with Crippen molar-refractivity contribution in [3.63, 3.8) is 0 Å². The van der Waals surface area contributed by atoms with Crippen LogP contribution in [0.1, 0.15) is 25.1 Å². The second kappa shape index (κ2) is 11.4. The summed E-state index contributed by atoms with van der Waals surface area (Å²) in [5, 5.41) is 11.3. The second-order valence-corrected chi connectivity index (χ2v) is 10.5. The summed E-state index contributed by atoms with van der Waals surface area (Å²) in [7, 11) is 0. The number of anilines is 1. The van der Waals surface area contributed by atoms with Crippen LogP contribution in [0.25, 0.3) is 28.1 Å². The molecule has 0 aliphatic carbocycles. The summed E-state index contributed by atoms with van der Waals surface area (Å²) in [4.78, 5) is 35.6. The lowest BCUT2D eigenvalue weighted by atomic mass is 10.0. The first kappa shape index (κ1) is 27.7. The lowest BCUT2D eigenvalue weighted by molar-refractivity contribution is -0.126. The molecule has 2 aromatic carbocycles. The molecule has 6 rings (SSSR count). The van der Waals surface area contributed by atoms with E-state index in [1.54, 1.807) is 43.5 Å². The van der Waals surface area contributed by atoms with Crippen LogP contribution in [-0.2, 0) is 9.53 Å². The van der Waals surface area contributed by atoms with Crippen molar-refractivity contribution < 1.29 is 13.9 Å². The predicted molar refractivity (Wildman–Crippen MR) is 155 cm³/mol. The van der Waals surface area contributed by atoms with E-state index in [-0.39, 0.29) is 23.2 Å². The number of fused-ring (bicyclic) bond motifs is 4. The third kappa shape index (κ3) is 5.54. The first-order valence-electron chi connectivity index (χ1n) is 12.9. The van der Waals surface area contributed by atoms with Crippen molar-refractivity contribution in [1.29, 1.82) is 0 Å². The molecule has 0 saturated carbocycles. The molecule has 3 aromatic heterocycles. The van der Waals surface area contributed by atoms with Crippen molar-refractivity contribution in [2.45, 2.75) is 25.5 Å². The SMILES string of the molecule is CC1OCCC(n2cnc(-c3cc(Cl)ccc3-n3cc(Cl)nn3)cc2=O)c2cc(ccn2)-c2cc(F)ccc2NC1=O. The van der Waals surface area contributed by atoms with Gasteiger partial charge in [-0.2, -0.15) is 0 Å². The number of nitrogens with one attached hydrogen (secondary N) is 1. The van der Waals surface area contributed by atoms with Crippen LogP contribution < -0.4 is 10.9 Å². The first-order valence-corrected chi connectivity index (χ1v) is 13.7. The topological polar surface area (TPSA) is 117 Å². The maximum Gasteiger partial charge on any atom is 0.254 e. The largest absolute Gasteiger partial charge is 0.369 e. The third-order valence-corrected chi connectivity index (χ3v) is 7.33. The summed E-state index contributed by atoms with van der Waals surface area (Å²) < 4.78 is 23.0. The van der Waals surface area contributed by atoms with E-state index in [1.807, 2.05) is 0 Å². The van der Waals surface area contributed by atoms with Gasteiger partial charge in [0.1, 0.15) is 11.9 Å². The van der Waals surface area contributed by atoms with Crippen LogP contribution in [0.3, 0.4) is 0 Å². The first-order chi connectivity index (χ1) is 20.3. The van der Waals surface area contributed by atoms with Gasteiger partial charge in [0.05, 0.1) is 35.6 Å². The normalized spacial score (nSPS) is 17.1. The Hall–Kier alpha value is -4.45. The summed E-state index contributed by atoms with van der Waals surface area (Å²) in [6, 6.07) is 13.5. The van der Waals surface area contributed by atoms with Crippen LogP contribution in [-0.4, -0.2) is 48.1 Å². The van der Waals surface area contributed by atoms with Crippen LogP contribution in [0.5, 0.6) is 0 Å². The van der Waals surface area contributed by atoms with Gasteiger partial charge in [0, 0.05) is 40.7 Å². The molecule has 2 atom stereocenters. The minimum atomic E-state index is -0.793. The Kier molecular flexibility index (Phi) is 7.55. The number of carbonyl (C=O) groups excluding carboxylic acids is 1. The Morgan fingerprint density at radius 2 is 1.88 bits per heavy atom. The zero-order valence-corrected chi connectivity index (χ0v) is 23.6. The van der Waals surface area contributed by atoms with Gasteiger partial charge in [-0.15, -0.1) is 5.10 Å². The van der Waals surface area contributed by atoms with Crippen LogP contribution in [0.4, 0.5) is 10.1 Å². The number of halogens is 3. The van der Waals surface area contributed by atoms with Gasteiger partial charge in [-0.1, -0.05) is 28.4 Å². The molecule has 42 heavy (non-hydrogen) atoms. The number of pyridine rings is 1. The maximum absolute atomic E-state index is 14.3. The highest BCUT2D eigenvalue weighted by atomic mass is 35.5. The van der Waals surface area contributed by atoms with E-state index in [4.69, 9.17) is 27.9 Å². The molecule has 4 heterocycles. The van der Waals surface area contributed by atoms with E-state index in [9.17, 15) is 14.0 Å². The van der Waals surface area contributed by atoms with Gasteiger partial charge in [-0.05, 0) is 67.4 Å². The summed E-state index contributed by atoms with van der Waals surface area (Å²) in [5.74, 6) is -0.831. The van der Waals surface area contributed by atoms with E-state index in [0.717, 1.165) is 0 Å². The van der Waals surface area contributed by atoms with Crippen LogP contribution in [0.2, 0.25) is 10.2 Å². The summed E-state index contributed by atoms with van der Waals surface area (Å²) >= 11 is 12.3. The Labute approximate surface area is 248 Å². The van der Waals surface area contributed by atoms with Crippen molar-refractivity contribution in [2.75, 3.05) is 11.9 Å². The van der Waals surface area contributed by atoms with Crippen LogP contribution in [0.15, 0.2) is 78.1 Å². The van der Waals surface area contributed by atoms with Gasteiger partial charge in [0.15, 0.2) is 5.15 Å². The number of rotatable bonds is 3. The van der Waals surface area contributed by atoms with Crippen LogP contribution >= 0.6 is 23.2 Å². The van der Waals surface area contributed by atoms with E-state index in [2.05, 4.69) is 25.6 Å². The zero-order chi connectivity index (χ0) is 29.4. The van der Waals surface area contributed by atoms with Crippen LogP contribution in [0, 0.1) is 5.82 Å². The monoisotopic (exact) mass is 605 g/mol. The molecule has 1 N–H and O–H groups in total. The lowest BCUT2D eigenvalue weighted by Crippen LogP contribution is -2.31. The summed E-state index contributed by atoms with van der Waals surface area (Å²) in [5.41, 5.74) is 3.21. The molecule has 1 aliphatic rings. The number of hydrogen-bond donors (Lipinski definition) is 1. The van der Waals surface area contributed by atoms with Crippen molar-refractivity contribution >= 4 is 34.8 Å². The fourth-order valence-electron chi connectivity index (χ4n) is 4.82. The van der Waals surface area contributed by atoms with E-state index >= 15 is 0 Å². The number of nitrogens with zero attached hydrogens (tertiary/aromatic N) is 6. The Morgan fingerprint density at radius 3 is 2.67 bits per heavy atom. The van der Waals surface area contributed by atoms with E-state index < -0.39 is 18.0 Å². The van der Waals surface area contributed by atoms with Crippen molar-refractivity contribution in [2.24, 2.45) is 0 Å². The van der Waals surface area contributed by atoms with Gasteiger partial charge in [0.2, 0.25) is 0 Å². The smallest absolute Gasteiger partial charge is 0.254 e. The zero-order valence-electron chi connectivity index (χ0n) is 22.0. The summed E-state index contributed by atoms with van der Waals surface area (Å²) in [6.45, 7) is 1.78. The van der Waals surface area contributed by atoms with Crippen molar-refractivity contribution in [3.8, 4) is 28.1 Å². The van der Waals surface area contributed by atoms with E-state index in [1.165, 1.54) is 46.0 Å². The highest BCUT2D eigenvalue weighted by Gasteiger charge is 2.23. The fourth-order valence-corrected chi connectivity index (χ4v) is 5.12. The van der Waals surface area contributed by atoms with E-state index in [0.29, 0.717) is 50.9 Å². The summed E-state index contributed by atoms with van der Waals surface area (Å²) in [6.07, 6.45) is 4.07. The minimum absolute atomic E-state index is 0.154. The number of amides is 1. The molecule has 212 valence electrons. The molecule has 0 fully saturated rings. The Balaban J connectivity index is 1.44. The molecule has 1 aliphatic heterocycles. The quantitative estimate of drug-likeness (QED) is 0.295. The van der Waals surface area contributed by atoms with Gasteiger partial charge >= 0.3 is 0 Å². The highest BCUT2D eigenvalue weighted by Crippen LogP contribution is 2.33. The van der Waals surface area contributed by atoms with Gasteiger partial charge in [0.25, 0.3) is 11.5 Å². The van der Waals surface area contributed by atoms with Gasteiger partial charge in [-0.25, -0.2) is 14.1 Å². The Bertz CT molecular complexity index is 1880. The molecule has 13 heteroatoms. The molecule has 2 unspecified atom stereocenters. The molecule has 2 bridgehead atoms. The molecule has 0 radical (unpaired) electrons. The number of aromatic nitrogens is 6. The molecule has 5 aromatic rings. The second-order valence-electron chi connectivity index (χ2n) is 9.63. The standard InChI is InChI=1S/C29H22Cl2FN7O3/c1-16-29(41)35-22-4-3-19(32)12-20(22)17-6-8-33-24(10-17)26(7-9-42-16)38-15-34-23(13-28(38)40)21-11-18(30)2-5-25(21)39-14-27(31)36-37-39/h2-6,8,10-16,26H,7,9H2,1H3,(H,35,41). The van der Waals surface area contributed by atoms with Gasteiger partial charge < -0.3 is 10.1 Å². The maximum atomic E-state index is 14.3. The number of ether oxygens (including phenoxy) is 1. The molecule has 1 amide bonds. The Morgan fingerprint density at radius 1 is 1.02 bits per heavy atom. The third-order valence-electron chi connectivity index (χ3n) is 6.92. The fraction of sp³-hybridized carbons (Fsp3) is 0.172. The number of benzene rings is 2.